The third-order valence-corrected chi connectivity index (χ3v) is 2.68. The van der Waals surface area contributed by atoms with Crippen LogP contribution in [0.15, 0.2) is 18.2 Å². The molecule has 7 nitrogen and oxygen atoms in total. The smallest absolute Gasteiger partial charge is 0.288 e. The summed E-state index contributed by atoms with van der Waals surface area (Å²) in [7, 11) is 0. The maximum atomic E-state index is 11.8. The third kappa shape index (κ3) is 4.20. The van der Waals surface area contributed by atoms with Crippen LogP contribution in [0.3, 0.4) is 0 Å². The Labute approximate surface area is 120 Å². The van der Waals surface area contributed by atoms with Crippen LogP contribution in [-0.4, -0.2) is 29.3 Å². The molecule has 8 heteroatoms. The van der Waals surface area contributed by atoms with Crippen LogP contribution in [0, 0.1) is 10.1 Å². The Morgan fingerprint density at radius 3 is 2.60 bits per heavy atom. The van der Waals surface area contributed by atoms with Gasteiger partial charge in [0.1, 0.15) is 5.02 Å². The van der Waals surface area contributed by atoms with E-state index in [1.54, 1.807) is 13.8 Å². The van der Waals surface area contributed by atoms with Gasteiger partial charge in [0, 0.05) is 12.1 Å². The first-order chi connectivity index (χ1) is 9.32. The number of nitrogens with one attached hydrogen (secondary N) is 2. The fourth-order valence-corrected chi connectivity index (χ4v) is 1.75. The molecule has 0 aliphatic rings. The molecule has 0 unspecified atom stereocenters. The zero-order valence-electron chi connectivity index (χ0n) is 11.0. The van der Waals surface area contributed by atoms with Crippen LogP contribution < -0.4 is 10.6 Å². The van der Waals surface area contributed by atoms with Crippen LogP contribution in [-0.2, 0) is 4.79 Å². The quantitative estimate of drug-likeness (QED) is 0.635. The van der Waals surface area contributed by atoms with Gasteiger partial charge in [-0.15, -0.1) is 0 Å². The average Bonchev–Trinajstić information content (AvgIpc) is 2.35. The lowest BCUT2D eigenvalue weighted by Crippen LogP contribution is -2.39. The molecule has 1 aromatic carbocycles. The predicted molar refractivity (Wildman–Crippen MR) is 73.7 cm³/mol. The number of carbonyl (C=O) groups excluding carboxylic acids is 2. The van der Waals surface area contributed by atoms with Gasteiger partial charge in [0.25, 0.3) is 11.6 Å². The monoisotopic (exact) mass is 299 g/mol. The summed E-state index contributed by atoms with van der Waals surface area (Å²) in [5.41, 5.74) is -0.399. The lowest BCUT2D eigenvalue weighted by molar-refractivity contribution is -0.384. The van der Waals surface area contributed by atoms with Crippen LogP contribution in [0.25, 0.3) is 0 Å². The molecular weight excluding hydrogens is 286 g/mol. The predicted octanol–water partition coefficient (Wildman–Crippen LogP) is 1.50. The number of hydrogen-bond donors (Lipinski definition) is 2. The van der Waals surface area contributed by atoms with Gasteiger partial charge < -0.3 is 10.6 Å². The van der Waals surface area contributed by atoms with E-state index in [2.05, 4.69) is 10.6 Å². The highest BCUT2D eigenvalue weighted by molar-refractivity contribution is 6.35. The first-order valence-corrected chi connectivity index (χ1v) is 6.21. The average molecular weight is 300 g/mol. The van der Waals surface area contributed by atoms with E-state index in [9.17, 15) is 19.7 Å². The summed E-state index contributed by atoms with van der Waals surface area (Å²) in [6.45, 7) is 3.35. The molecule has 0 saturated carbocycles. The van der Waals surface area contributed by atoms with Gasteiger partial charge in [-0.3, -0.25) is 19.7 Å². The topological polar surface area (TPSA) is 101 Å². The van der Waals surface area contributed by atoms with E-state index in [1.807, 2.05) is 0 Å². The van der Waals surface area contributed by atoms with Crippen LogP contribution in [0.2, 0.25) is 5.02 Å². The van der Waals surface area contributed by atoms with Crippen molar-refractivity contribution in [3.8, 4) is 0 Å². The Morgan fingerprint density at radius 1 is 1.40 bits per heavy atom. The second-order valence-corrected chi connectivity index (χ2v) is 4.68. The minimum Gasteiger partial charge on any atom is -0.352 e. The molecular formula is C12H14ClN3O4. The summed E-state index contributed by atoms with van der Waals surface area (Å²) in [5, 5.41) is 15.4. The standard InChI is InChI=1S/C12H14ClN3O4/c1-7(2)15-10(17)6-14-12(18)8-4-3-5-9(11(8)13)16(19)20/h3-5,7H,6H2,1-2H3,(H,14,18)(H,15,17). The normalized spacial score (nSPS) is 10.2. The molecule has 108 valence electrons. The third-order valence-electron chi connectivity index (χ3n) is 2.28. The van der Waals surface area contributed by atoms with Crippen LogP contribution in [0.1, 0.15) is 24.2 Å². The highest BCUT2D eigenvalue weighted by Crippen LogP contribution is 2.27. The molecule has 1 rings (SSSR count). The number of nitro benzene ring substituents is 1. The number of benzene rings is 1. The molecule has 0 atom stereocenters. The molecule has 2 N–H and O–H groups in total. The van der Waals surface area contributed by atoms with Crippen LogP contribution >= 0.6 is 11.6 Å². The van der Waals surface area contributed by atoms with E-state index < -0.39 is 10.8 Å². The molecule has 20 heavy (non-hydrogen) atoms. The van der Waals surface area contributed by atoms with E-state index >= 15 is 0 Å². The minimum absolute atomic E-state index is 0.0409. The zero-order valence-corrected chi connectivity index (χ0v) is 11.7. The van der Waals surface area contributed by atoms with Gasteiger partial charge in [-0.25, -0.2) is 0 Å². The highest BCUT2D eigenvalue weighted by atomic mass is 35.5. The number of rotatable bonds is 5. The summed E-state index contributed by atoms with van der Waals surface area (Å²) in [6, 6.07) is 3.86. The molecule has 0 heterocycles. The highest BCUT2D eigenvalue weighted by Gasteiger charge is 2.20. The molecule has 0 fully saturated rings. The first kappa shape index (κ1) is 15.9. The van der Waals surface area contributed by atoms with Gasteiger partial charge in [0.2, 0.25) is 5.91 Å². The molecule has 0 aliphatic carbocycles. The second-order valence-electron chi connectivity index (χ2n) is 4.30. The summed E-state index contributed by atoms with van der Waals surface area (Å²) in [4.78, 5) is 33.2. The van der Waals surface area contributed by atoms with Gasteiger partial charge in [-0.1, -0.05) is 17.7 Å². The summed E-state index contributed by atoms with van der Waals surface area (Å²) in [6.07, 6.45) is 0. The second kappa shape index (κ2) is 6.85. The van der Waals surface area contributed by atoms with E-state index in [0.29, 0.717) is 0 Å². The molecule has 1 aromatic rings. The first-order valence-electron chi connectivity index (χ1n) is 5.83. The van der Waals surface area contributed by atoms with Crippen molar-refractivity contribution in [2.75, 3.05) is 6.54 Å². The lowest BCUT2D eigenvalue weighted by Gasteiger charge is -2.09. The van der Waals surface area contributed by atoms with Crippen molar-refractivity contribution >= 4 is 29.1 Å². The van der Waals surface area contributed by atoms with Gasteiger partial charge in [-0.05, 0) is 19.9 Å². The summed E-state index contributed by atoms with van der Waals surface area (Å²) < 4.78 is 0. The van der Waals surface area contributed by atoms with Crippen molar-refractivity contribution < 1.29 is 14.5 Å². The minimum atomic E-state index is -0.676. The summed E-state index contributed by atoms with van der Waals surface area (Å²) in [5.74, 6) is -0.993. The number of halogens is 1. The Kier molecular flexibility index (Phi) is 5.45. The van der Waals surface area contributed by atoms with Crippen LogP contribution in [0.5, 0.6) is 0 Å². The Balaban J connectivity index is 2.76. The van der Waals surface area contributed by atoms with Crippen molar-refractivity contribution in [2.24, 2.45) is 0 Å². The molecule has 0 radical (unpaired) electrons. The van der Waals surface area contributed by atoms with E-state index in [1.165, 1.54) is 18.2 Å². The SMILES string of the molecule is CC(C)NC(=O)CNC(=O)c1cccc([N+](=O)[O-])c1Cl. The Bertz CT molecular complexity index is 546. The zero-order chi connectivity index (χ0) is 15.3. The van der Waals surface area contributed by atoms with E-state index in [-0.39, 0.29) is 34.8 Å². The Morgan fingerprint density at radius 2 is 2.05 bits per heavy atom. The number of carbonyl (C=O) groups is 2. The van der Waals surface area contributed by atoms with E-state index in [4.69, 9.17) is 11.6 Å². The number of nitrogens with zero attached hydrogens (tertiary/aromatic N) is 1. The molecule has 0 aromatic heterocycles. The van der Waals surface area contributed by atoms with Gasteiger partial charge in [0.15, 0.2) is 0 Å². The van der Waals surface area contributed by atoms with Gasteiger partial charge in [-0.2, -0.15) is 0 Å². The van der Waals surface area contributed by atoms with Gasteiger partial charge >= 0.3 is 0 Å². The fraction of sp³-hybridized carbons (Fsp3) is 0.333. The molecule has 2 amide bonds. The molecule has 0 aliphatic heterocycles. The molecule has 0 saturated heterocycles. The maximum absolute atomic E-state index is 11.8. The van der Waals surface area contributed by atoms with Crippen molar-refractivity contribution in [3.63, 3.8) is 0 Å². The largest absolute Gasteiger partial charge is 0.352 e. The molecule has 0 bridgehead atoms. The summed E-state index contributed by atoms with van der Waals surface area (Å²) >= 11 is 5.80. The number of nitro groups is 1. The fourth-order valence-electron chi connectivity index (χ4n) is 1.46. The van der Waals surface area contributed by atoms with Crippen molar-refractivity contribution in [2.45, 2.75) is 19.9 Å². The molecule has 0 spiro atoms. The number of hydrogen-bond acceptors (Lipinski definition) is 4. The van der Waals surface area contributed by atoms with Crippen molar-refractivity contribution in [3.05, 3.63) is 38.9 Å². The number of amides is 2. The van der Waals surface area contributed by atoms with Gasteiger partial charge in [0.05, 0.1) is 17.0 Å². The Hall–Kier alpha value is -2.15. The van der Waals surface area contributed by atoms with Crippen molar-refractivity contribution in [1.29, 1.82) is 0 Å². The maximum Gasteiger partial charge on any atom is 0.288 e. The van der Waals surface area contributed by atoms with Crippen molar-refractivity contribution in [1.82, 2.24) is 10.6 Å². The van der Waals surface area contributed by atoms with Crippen LogP contribution in [0.4, 0.5) is 5.69 Å². The van der Waals surface area contributed by atoms with E-state index in [0.717, 1.165) is 0 Å². The lowest BCUT2D eigenvalue weighted by atomic mass is 10.2.